The van der Waals surface area contributed by atoms with Crippen LogP contribution in [0.5, 0.6) is 5.75 Å². The number of hydrogen-bond acceptors (Lipinski definition) is 6. The molecular formula is C32H48N4O4. The number of anilines is 3. The van der Waals surface area contributed by atoms with Gasteiger partial charge in [-0.2, -0.15) is 0 Å². The molecule has 0 aromatic heterocycles. The second-order valence-electron chi connectivity index (χ2n) is 10.3. The van der Waals surface area contributed by atoms with Crippen molar-refractivity contribution in [3.8, 4) is 5.75 Å². The number of carbonyl (C=O) groups is 2. The number of amides is 2. The van der Waals surface area contributed by atoms with Crippen molar-refractivity contribution in [1.29, 1.82) is 0 Å². The fourth-order valence-electron chi connectivity index (χ4n) is 5.06. The minimum absolute atomic E-state index is 0.00302. The molecule has 2 aromatic rings. The van der Waals surface area contributed by atoms with Crippen molar-refractivity contribution in [2.24, 2.45) is 0 Å². The Morgan fingerprint density at radius 1 is 0.850 bits per heavy atom. The van der Waals surface area contributed by atoms with Gasteiger partial charge in [-0.15, -0.1) is 0 Å². The van der Waals surface area contributed by atoms with Gasteiger partial charge in [0.25, 0.3) is 5.91 Å². The molecule has 0 saturated carbocycles. The highest BCUT2D eigenvalue weighted by atomic mass is 16.5. The average Bonchev–Trinajstić information content (AvgIpc) is 2.98. The molecular weight excluding hydrogens is 504 g/mol. The zero-order valence-corrected chi connectivity index (χ0v) is 24.7. The fourth-order valence-corrected chi connectivity index (χ4v) is 5.06. The Labute approximate surface area is 240 Å². The maximum absolute atomic E-state index is 13.3. The zero-order valence-electron chi connectivity index (χ0n) is 24.7. The Balaban J connectivity index is 1.66. The van der Waals surface area contributed by atoms with Crippen LogP contribution in [0.2, 0.25) is 0 Å². The Bertz CT molecular complexity index is 1050. The van der Waals surface area contributed by atoms with Crippen LogP contribution in [0.15, 0.2) is 42.5 Å². The first-order valence-electron chi connectivity index (χ1n) is 15.0. The van der Waals surface area contributed by atoms with Crippen LogP contribution in [0.3, 0.4) is 0 Å². The van der Waals surface area contributed by atoms with E-state index in [0.29, 0.717) is 37.4 Å². The van der Waals surface area contributed by atoms with Gasteiger partial charge in [-0.1, -0.05) is 51.2 Å². The zero-order chi connectivity index (χ0) is 28.6. The van der Waals surface area contributed by atoms with Gasteiger partial charge in [-0.05, 0) is 50.1 Å². The van der Waals surface area contributed by atoms with Gasteiger partial charge in [-0.3, -0.25) is 9.59 Å². The number of hydrogen-bond donors (Lipinski definition) is 2. The molecule has 1 fully saturated rings. The molecule has 0 bridgehead atoms. The summed E-state index contributed by atoms with van der Waals surface area (Å²) in [6.45, 7) is 9.15. The van der Waals surface area contributed by atoms with E-state index in [-0.39, 0.29) is 11.8 Å². The average molecular weight is 553 g/mol. The quantitative estimate of drug-likeness (QED) is 0.239. The van der Waals surface area contributed by atoms with Gasteiger partial charge in [0.05, 0.1) is 18.4 Å². The van der Waals surface area contributed by atoms with Gasteiger partial charge in [0.1, 0.15) is 5.75 Å². The van der Waals surface area contributed by atoms with Gasteiger partial charge < -0.3 is 29.9 Å². The third-order valence-corrected chi connectivity index (χ3v) is 7.28. The highest BCUT2D eigenvalue weighted by Gasteiger charge is 2.24. The van der Waals surface area contributed by atoms with E-state index in [4.69, 9.17) is 9.47 Å². The molecule has 1 heterocycles. The molecule has 8 heteroatoms. The van der Waals surface area contributed by atoms with Crippen molar-refractivity contribution in [2.75, 3.05) is 68.2 Å². The van der Waals surface area contributed by atoms with Crippen LogP contribution in [0.25, 0.3) is 0 Å². The van der Waals surface area contributed by atoms with Crippen LogP contribution in [0.1, 0.15) is 75.6 Å². The first-order valence-corrected chi connectivity index (χ1v) is 15.0. The van der Waals surface area contributed by atoms with Crippen LogP contribution in [0, 0.1) is 0 Å². The first-order chi connectivity index (χ1) is 19.6. The molecule has 1 aliphatic rings. The molecule has 0 spiro atoms. The monoisotopic (exact) mass is 552 g/mol. The number of piperazine rings is 1. The topological polar surface area (TPSA) is 83.1 Å². The molecule has 0 unspecified atom stereocenters. The van der Waals surface area contributed by atoms with Crippen LogP contribution in [-0.4, -0.2) is 64.9 Å². The Hall–Kier alpha value is -3.26. The molecule has 1 saturated heterocycles. The minimum atomic E-state index is -0.134. The van der Waals surface area contributed by atoms with Crippen molar-refractivity contribution in [3.05, 3.63) is 48.0 Å². The van der Waals surface area contributed by atoms with E-state index in [1.807, 2.05) is 43.3 Å². The smallest absolute Gasteiger partial charge is 0.253 e. The summed E-state index contributed by atoms with van der Waals surface area (Å²) in [5.74, 6) is 0.728. The third-order valence-electron chi connectivity index (χ3n) is 7.28. The number of ether oxygens (including phenoxy) is 2. The van der Waals surface area contributed by atoms with Crippen molar-refractivity contribution < 1.29 is 19.1 Å². The summed E-state index contributed by atoms with van der Waals surface area (Å²) >= 11 is 0. The van der Waals surface area contributed by atoms with Crippen LogP contribution >= 0.6 is 0 Å². The van der Waals surface area contributed by atoms with Crippen molar-refractivity contribution >= 4 is 28.9 Å². The van der Waals surface area contributed by atoms with Crippen molar-refractivity contribution in [2.45, 2.75) is 65.2 Å². The normalized spacial score (nSPS) is 13.3. The molecule has 220 valence electrons. The number of benzene rings is 2. The fraction of sp³-hybridized carbons (Fsp3) is 0.562. The van der Waals surface area contributed by atoms with E-state index >= 15 is 0 Å². The summed E-state index contributed by atoms with van der Waals surface area (Å²) in [5, 5.41) is 6.06. The van der Waals surface area contributed by atoms with Crippen molar-refractivity contribution in [1.82, 2.24) is 5.32 Å². The molecule has 0 atom stereocenters. The summed E-state index contributed by atoms with van der Waals surface area (Å²) < 4.78 is 11.0. The number of unbranched alkanes of at least 4 members (excludes halogenated alkanes) is 5. The maximum atomic E-state index is 13.3. The first kappa shape index (κ1) is 31.3. The number of carbonyl (C=O) groups excluding carboxylic acids is 2. The predicted molar refractivity (Wildman–Crippen MR) is 164 cm³/mol. The Kier molecular flexibility index (Phi) is 13.6. The lowest BCUT2D eigenvalue weighted by atomic mass is 10.1. The SMILES string of the molecule is CCCCCCCCC(=O)Nc1ccc(N2CCN(c3ccccc3OC)CC2)c(C(=O)NCCCOCC)c1. The predicted octanol–water partition coefficient (Wildman–Crippen LogP) is 5.87. The summed E-state index contributed by atoms with van der Waals surface area (Å²) in [6.07, 6.45) is 8.09. The van der Waals surface area contributed by atoms with Crippen LogP contribution in [-0.2, 0) is 9.53 Å². The molecule has 3 rings (SSSR count). The minimum Gasteiger partial charge on any atom is -0.495 e. The standard InChI is InChI=1S/C32H48N4O4/c1-4-6-7-8-9-10-16-31(37)34-26-17-18-28(27(25-26)32(38)33-19-13-24-40-5-2)35-20-22-36(23-21-35)29-14-11-12-15-30(29)39-3/h11-12,14-15,17-18,25H,4-10,13,16,19-24H2,1-3H3,(H,33,38)(H,34,37). The number of nitrogens with one attached hydrogen (secondary N) is 2. The maximum Gasteiger partial charge on any atom is 0.253 e. The van der Waals surface area contributed by atoms with Gasteiger partial charge in [0, 0.05) is 63.7 Å². The molecule has 2 amide bonds. The molecule has 40 heavy (non-hydrogen) atoms. The lowest BCUT2D eigenvalue weighted by molar-refractivity contribution is -0.116. The van der Waals surface area contributed by atoms with E-state index < -0.39 is 0 Å². The number of methoxy groups -OCH3 is 1. The highest BCUT2D eigenvalue weighted by molar-refractivity contribution is 6.02. The van der Waals surface area contributed by atoms with E-state index in [2.05, 4.69) is 33.4 Å². The molecule has 0 aliphatic carbocycles. The van der Waals surface area contributed by atoms with E-state index in [0.717, 1.165) is 62.6 Å². The third kappa shape index (κ3) is 9.73. The molecule has 2 aromatic carbocycles. The summed E-state index contributed by atoms with van der Waals surface area (Å²) in [7, 11) is 1.70. The summed E-state index contributed by atoms with van der Waals surface area (Å²) in [5.41, 5.74) is 3.21. The molecule has 2 N–H and O–H groups in total. The second-order valence-corrected chi connectivity index (χ2v) is 10.3. The Morgan fingerprint density at radius 2 is 1.55 bits per heavy atom. The van der Waals surface area contributed by atoms with Crippen molar-refractivity contribution in [3.63, 3.8) is 0 Å². The van der Waals surface area contributed by atoms with Gasteiger partial charge >= 0.3 is 0 Å². The Morgan fingerprint density at radius 3 is 2.27 bits per heavy atom. The largest absolute Gasteiger partial charge is 0.495 e. The molecule has 0 radical (unpaired) electrons. The van der Waals surface area contributed by atoms with E-state index in [1.54, 1.807) is 7.11 Å². The highest BCUT2D eigenvalue weighted by Crippen LogP contribution is 2.31. The second kappa shape index (κ2) is 17.4. The number of rotatable bonds is 17. The van der Waals surface area contributed by atoms with Crippen LogP contribution in [0.4, 0.5) is 17.1 Å². The van der Waals surface area contributed by atoms with Gasteiger partial charge in [0.2, 0.25) is 5.91 Å². The van der Waals surface area contributed by atoms with Crippen LogP contribution < -0.4 is 25.2 Å². The van der Waals surface area contributed by atoms with E-state index in [1.165, 1.54) is 25.7 Å². The van der Waals surface area contributed by atoms with E-state index in [9.17, 15) is 9.59 Å². The number of nitrogens with zero attached hydrogens (tertiary/aromatic N) is 2. The molecule has 8 nitrogen and oxygen atoms in total. The molecule has 1 aliphatic heterocycles. The van der Waals surface area contributed by atoms with Gasteiger partial charge in [0.15, 0.2) is 0 Å². The number of para-hydroxylation sites is 2. The lowest BCUT2D eigenvalue weighted by Gasteiger charge is -2.38. The summed E-state index contributed by atoms with van der Waals surface area (Å²) in [6, 6.07) is 13.8. The lowest BCUT2D eigenvalue weighted by Crippen LogP contribution is -2.47. The van der Waals surface area contributed by atoms with Gasteiger partial charge in [-0.25, -0.2) is 0 Å². The summed E-state index contributed by atoms with van der Waals surface area (Å²) in [4.78, 5) is 30.5.